The van der Waals surface area contributed by atoms with Gasteiger partial charge in [-0.3, -0.25) is 0 Å². The van der Waals surface area contributed by atoms with Crippen molar-refractivity contribution in [2.45, 2.75) is 0 Å². The summed E-state index contributed by atoms with van der Waals surface area (Å²) in [5.41, 5.74) is -1.82. The molecule has 0 spiro atoms. The van der Waals surface area contributed by atoms with Crippen LogP contribution in [-0.4, -0.2) is 21.5 Å². The van der Waals surface area contributed by atoms with E-state index >= 15 is 0 Å². The molecule has 2 aromatic carbocycles. The largest absolute Gasteiger partial charge is 0.494 e. The van der Waals surface area contributed by atoms with Crippen molar-refractivity contribution in [3.8, 4) is 11.5 Å². The van der Waals surface area contributed by atoms with Gasteiger partial charge in [0.15, 0.2) is 34.8 Å². The summed E-state index contributed by atoms with van der Waals surface area (Å²) in [5, 5.41) is 0. The van der Waals surface area contributed by atoms with Gasteiger partial charge in [0.05, 0.1) is 14.2 Å². The van der Waals surface area contributed by atoms with Crippen LogP contribution in [0.25, 0.3) is 0 Å². The fourth-order valence-electron chi connectivity index (χ4n) is 2.07. The third-order valence-electron chi connectivity index (χ3n) is 3.24. The molecule has 0 aromatic heterocycles. The highest BCUT2D eigenvalue weighted by Crippen LogP contribution is 2.24. The predicted octanol–water partition coefficient (Wildman–Crippen LogP) is 1.93. The Morgan fingerprint density at radius 1 is 0.696 bits per heavy atom. The quantitative estimate of drug-likeness (QED) is 0.368. The van der Waals surface area contributed by atoms with Crippen LogP contribution >= 0.6 is 0 Å². The fraction of sp³-hybridized carbons (Fsp3) is 0.143. The standard InChI is InChI=1S/C14H9BF6O2/c1-22-6-4-3-5(16)7(9(6)17)15-8-10(18)12(20)13(21)14(23-2)11(8)19/h3-4,15H,1-2H3. The molecular weight excluding hydrogens is 325 g/mol. The van der Waals surface area contributed by atoms with E-state index in [4.69, 9.17) is 0 Å². The van der Waals surface area contributed by atoms with E-state index in [-0.39, 0.29) is 5.75 Å². The smallest absolute Gasteiger partial charge is 0.208 e. The molecule has 2 nitrogen and oxygen atoms in total. The topological polar surface area (TPSA) is 18.5 Å². The van der Waals surface area contributed by atoms with Crippen molar-refractivity contribution in [3.63, 3.8) is 0 Å². The molecule has 2 aromatic rings. The average molecular weight is 334 g/mol. The Morgan fingerprint density at radius 2 is 1.35 bits per heavy atom. The van der Waals surface area contributed by atoms with E-state index in [1.807, 2.05) is 0 Å². The maximum atomic E-state index is 14.1. The van der Waals surface area contributed by atoms with Crippen molar-refractivity contribution in [2.75, 3.05) is 14.2 Å². The zero-order valence-electron chi connectivity index (χ0n) is 11.9. The van der Waals surface area contributed by atoms with Crippen molar-refractivity contribution in [2.24, 2.45) is 0 Å². The molecule has 0 bridgehead atoms. The number of halogens is 6. The summed E-state index contributed by atoms with van der Waals surface area (Å²) in [4.78, 5) is 0. The molecule has 0 fully saturated rings. The molecule has 0 radical (unpaired) electrons. The number of rotatable bonds is 4. The number of ether oxygens (including phenoxy) is 2. The Hall–Kier alpha value is -2.32. The van der Waals surface area contributed by atoms with Crippen LogP contribution in [-0.2, 0) is 0 Å². The minimum absolute atomic E-state index is 0.364. The minimum atomic E-state index is -2.00. The van der Waals surface area contributed by atoms with Crippen molar-refractivity contribution >= 4 is 18.2 Å². The average Bonchev–Trinajstić information content (AvgIpc) is 2.53. The second kappa shape index (κ2) is 6.43. The Balaban J connectivity index is 2.64. The highest BCUT2D eigenvalue weighted by atomic mass is 19.2. The van der Waals surface area contributed by atoms with Crippen LogP contribution in [0.15, 0.2) is 12.1 Å². The summed E-state index contributed by atoms with van der Waals surface area (Å²) in [6.07, 6.45) is 0. The summed E-state index contributed by atoms with van der Waals surface area (Å²) < 4.78 is 91.4. The van der Waals surface area contributed by atoms with Crippen LogP contribution in [0.5, 0.6) is 11.5 Å². The lowest BCUT2D eigenvalue weighted by molar-refractivity contribution is 0.338. The monoisotopic (exact) mass is 334 g/mol. The van der Waals surface area contributed by atoms with E-state index in [0.717, 1.165) is 26.4 Å². The number of hydrogen-bond acceptors (Lipinski definition) is 2. The zero-order valence-corrected chi connectivity index (χ0v) is 11.9. The normalized spacial score (nSPS) is 10.6. The Bertz CT molecular complexity index is 766. The molecule has 0 atom stereocenters. The lowest BCUT2D eigenvalue weighted by Gasteiger charge is -2.12. The molecule has 0 aliphatic heterocycles. The van der Waals surface area contributed by atoms with Gasteiger partial charge in [-0.15, -0.1) is 0 Å². The van der Waals surface area contributed by atoms with Crippen LogP contribution in [0.3, 0.4) is 0 Å². The Labute approximate surface area is 127 Å². The molecule has 23 heavy (non-hydrogen) atoms. The summed E-state index contributed by atoms with van der Waals surface area (Å²) in [7, 11) is 0.956. The lowest BCUT2D eigenvalue weighted by atomic mass is 9.62. The molecule has 9 heteroatoms. The van der Waals surface area contributed by atoms with E-state index in [0.29, 0.717) is 0 Å². The van der Waals surface area contributed by atoms with Crippen molar-refractivity contribution in [3.05, 3.63) is 47.0 Å². The maximum Gasteiger partial charge on any atom is 0.208 e. The van der Waals surface area contributed by atoms with Crippen molar-refractivity contribution < 1.29 is 35.8 Å². The first-order valence-corrected chi connectivity index (χ1v) is 6.23. The highest BCUT2D eigenvalue weighted by Gasteiger charge is 2.28. The zero-order chi connectivity index (χ0) is 17.3. The van der Waals surface area contributed by atoms with E-state index in [9.17, 15) is 26.3 Å². The van der Waals surface area contributed by atoms with E-state index < -0.39 is 58.9 Å². The van der Waals surface area contributed by atoms with E-state index in [2.05, 4.69) is 9.47 Å². The summed E-state index contributed by atoms with van der Waals surface area (Å²) >= 11 is 0. The predicted molar refractivity (Wildman–Crippen MR) is 72.2 cm³/mol. The molecule has 0 aliphatic carbocycles. The van der Waals surface area contributed by atoms with Gasteiger partial charge in [0.2, 0.25) is 13.1 Å². The van der Waals surface area contributed by atoms with Gasteiger partial charge < -0.3 is 9.47 Å². The molecule has 0 saturated carbocycles. The molecule has 2 rings (SSSR count). The van der Waals surface area contributed by atoms with Crippen LogP contribution < -0.4 is 20.4 Å². The van der Waals surface area contributed by atoms with Gasteiger partial charge in [-0.25, -0.2) is 22.0 Å². The first kappa shape index (κ1) is 17.0. The molecule has 0 amide bonds. The fourth-order valence-corrected chi connectivity index (χ4v) is 2.07. The van der Waals surface area contributed by atoms with Gasteiger partial charge >= 0.3 is 0 Å². The van der Waals surface area contributed by atoms with Crippen LogP contribution in [0.1, 0.15) is 0 Å². The first-order chi connectivity index (χ1) is 10.8. The van der Waals surface area contributed by atoms with E-state index in [1.165, 1.54) is 0 Å². The van der Waals surface area contributed by atoms with Crippen molar-refractivity contribution in [1.29, 1.82) is 0 Å². The third kappa shape index (κ3) is 2.82. The Morgan fingerprint density at radius 3 is 1.91 bits per heavy atom. The molecule has 122 valence electrons. The number of hydrogen-bond donors (Lipinski definition) is 0. The molecular formula is C14H9BF6O2. The van der Waals surface area contributed by atoms with Gasteiger partial charge in [0, 0.05) is 0 Å². The van der Waals surface area contributed by atoms with Crippen LogP contribution in [0.4, 0.5) is 26.3 Å². The first-order valence-electron chi connectivity index (χ1n) is 6.23. The molecule has 0 aliphatic rings. The highest BCUT2D eigenvalue weighted by molar-refractivity contribution is 6.67. The number of methoxy groups -OCH3 is 2. The van der Waals surface area contributed by atoms with Crippen LogP contribution in [0, 0.1) is 34.9 Å². The summed E-state index contributed by atoms with van der Waals surface area (Å²) in [6.45, 7) is 0. The second-order valence-electron chi connectivity index (χ2n) is 4.49. The maximum absolute atomic E-state index is 14.1. The summed E-state index contributed by atoms with van der Waals surface area (Å²) in [5.74, 6) is -11.2. The summed E-state index contributed by atoms with van der Waals surface area (Å²) in [6, 6.07) is 1.80. The van der Waals surface area contributed by atoms with Crippen LogP contribution in [0.2, 0.25) is 0 Å². The van der Waals surface area contributed by atoms with E-state index in [1.54, 1.807) is 0 Å². The van der Waals surface area contributed by atoms with Gasteiger partial charge in [0.1, 0.15) is 5.82 Å². The molecule has 0 unspecified atom stereocenters. The van der Waals surface area contributed by atoms with Gasteiger partial charge in [-0.2, -0.15) is 4.39 Å². The molecule has 0 heterocycles. The van der Waals surface area contributed by atoms with Gasteiger partial charge in [-0.1, -0.05) is 0 Å². The molecule has 0 N–H and O–H groups in total. The molecule has 0 saturated heterocycles. The van der Waals surface area contributed by atoms with Crippen molar-refractivity contribution in [1.82, 2.24) is 0 Å². The Kier molecular flexibility index (Phi) is 4.77. The lowest BCUT2D eigenvalue weighted by Crippen LogP contribution is -2.37. The third-order valence-corrected chi connectivity index (χ3v) is 3.24. The van der Waals surface area contributed by atoms with Gasteiger partial charge in [-0.05, 0) is 23.1 Å². The number of benzene rings is 2. The minimum Gasteiger partial charge on any atom is -0.494 e. The second-order valence-corrected chi connectivity index (χ2v) is 4.49. The van der Waals surface area contributed by atoms with Gasteiger partial charge in [0.25, 0.3) is 0 Å². The SMILES string of the molecule is COc1ccc(F)c(Bc2c(F)c(F)c(F)c(OC)c2F)c1F.